The molecule has 0 spiro atoms. The van der Waals surface area contributed by atoms with Crippen molar-refractivity contribution < 1.29 is 24.2 Å². The number of rotatable bonds is 16. The van der Waals surface area contributed by atoms with E-state index in [1.165, 1.54) is 6.92 Å². The molecule has 1 fully saturated rings. The second-order valence-electron chi connectivity index (χ2n) is 11.5. The van der Waals surface area contributed by atoms with Crippen molar-refractivity contribution in [3.05, 3.63) is 101 Å². The molecular weight excluding hydrogens is 556 g/mol. The zero-order valence-electron chi connectivity index (χ0n) is 25.9. The van der Waals surface area contributed by atoms with Crippen molar-refractivity contribution in [2.45, 2.75) is 77.1 Å². The number of aromatic nitrogens is 1. The van der Waals surface area contributed by atoms with E-state index in [4.69, 9.17) is 9.47 Å². The van der Waals surface area contributed by atoms with Crippen LogP contribution in [0.1, 0.15) is 79.4 Å². The summed E-state index contributed by atoms with van der Waals surface area (Å²) in [6.45, 7) is 4.26. The zero-order chi connectivity index (χ0) is 31.1. The Labute approximate surface area is 261 Å². The monoisotopic (exact) mass is 602 g/mol. The van der Waals surface area contributed by atoms with E-state index in [9.17, 15) is 14.7 Å². The molecule has 4 rings (SSSR count). The normalized spacial score (nSPS) is 18.2. The zero-order valence-corrected chi connectivity index (χ0v) is 25.9. The molecule has 0 aliphatic carbocycles. The van der Waals surface area contributed by atoms with Crippen LogP contribution in [0.5, 0.6) is 0 Å². The molecule has 2 aromatic carbocycles. The van der Waals surface area contributed by atoms with E-state index in [1.807, 2.05) is 66.9 Å². The molecule has 44 heavy (non-hydrogen) atoms. The maximum absolute atomic E-state index is 12.3. The number of nitrogens with one attached hydrogen (secondary N) is 2. The first-order valence-corrected chi connectivity index (χ1v) is 15.6. The molecule has 2 amide bonds. The summed E-state index contributed by atoms with van der Waals surface area (Å²) in [4.78, 5) is 29.9. The first-order valence-electron chi connectivity index (χ1n) is 15.6. The highest BCUT2D eigenvalue weighted by Gasteiger charge is 2.32. The predicted octanol–water partition coefficient (Wildman–Crippen LogP) is 4.61. The lowest BCUT2D eigenvalue weighted by Gasteiger charge is -2.38. The van der Waals surface area contributed by atoms with E-state index in [-0.39, 0.29) is 30.6 Å². The van der Waals surface area contributed by atoms with Crippen LogP contribution >= 0.6 is 0 Å². The lowest BCUT2D eigenvalue weighted by Crippen LogP contribution is -2.38. The maximum Gasteiger partial charge on any atom is 0.220 e. The van der Waals surface area contributed by atoms with Crippen molar-refractivity contribution in [1.29, 1.82) is 0 Å². The van der Waals surface area contributed by atoms with Gasteiger partial charge in [-0.2, -0.15) is 0 Å². The standard InChI is InChI=1S/C35H46N4O5/c1-26(41)36-19-6-3-4-9-34(42)38-23-27-10-16-30(17-11-27)35-43-32(24-39(2)21-18-31-8-5-7-20-37-31)22-33(44-35)29-14-12-28(25-40)13-15-29/h5,7-8,10-17,20,32-33,35,40H,3-4,6,9,18-19,21-25H2,1-2H3,(H,36,41)(H,38,42). The van der Waals surface area contributed by atoms with Crippen LogP contribution in [-0.2, 0) is 38.6 Å². The van der Waals surface area contributed by atoms with Gasteiger partial charge in [-0.3, -0.25) is 14.6 Å². The van der Waals surface area contributed by atoms with Crippen LogP contribution in [0, 0.1) is 0 Å². The molecule has 1 aliphatic rings. The Morgan fingerprint density at radius 1 is 0.932 bits per heavy atom. The van der Waals surface area contributed by atoms with Gasteiger partial charge >= 0.3 is 0 Å². The number of carbonyl (C=O) groups excluding carboxylic acids is 2. The Morgan fingerprint density at radius 3 is 2.39 bits per heavy atom. The summed E-state index contributed by atoms with van der Waals surface area (Å²) >= 11 is 0. The van der Waals surface area contributed by atoms with Crippen LogP contribution in [-0.4, -0.2) is 59.6 Å². The minimum Gasteiger partial charge on any atom is -0.392 e. The van der Waals surface area contributed by atoms with Gasteiger partial charge in [-0.05, 0) is 48.7 Å². The maximum atomic E-state index is 12.3. The van der Waals surface area contributed by atoms with Gasteiger partial charge in [-0.1, -0.05) is 61.0 Å². The highest BCUT2D eigenvalue weighted by Crippen LogP contribution is 2.38. The fraction of sp³-hybridized carbons (Fsp3) is 0.457. The van der Waals surface area contributed by atoms with E-state index in [1.54, 1.807) is 0 Å². The molecule has 3 atom stereocenters. The number of carbonyl (C=O) groups is 2. The summed E-state index contributed by atoms with van der Waals surface area (Å²) in [7, 11) is 2.11. The highest BCUT2D eigenvalue weighted by atomic mass is 16.7. The number of aliphatic hydroxyl groups is 1. The Kier molecular flexibility index (Phi) is 13.3. The second kappa shape index (κ2) is 17.6. The molecule has 0 bridgehead atoms. The van der Waals surface area contributed by atoms with Crippen molar-refractivity contribution >= 4 is 11.8 Å². The topological polar surface area (TPSA) is 113 Å². The molecule has 0 radical (unpaired) electrons. The third-order valence-electron chi connectivity index (χ3n) is 7.80. The second-order valence-corrected chi connectivity index (χ2v) is 11.5. The molecule has 3 aromatic rings. The highest BCUT2D eigenvalue weighted by molar-refractivity contribution is 5.75. The number of hydrogen-bond donors (Lipinski definition) is 3. The lowest BCUT2D eigenvalue weighted by molar-refractivity contribution is -0.252. The average Bonchev–Trinajstić information content (AvgIpc) is 3.05. The summed E-state index contributed by atoms with van der Waals surface area (Å²) in [6, 6.07) is 21.9. The number of pyridine rings is 1. The minimum absolute atomic E-state index is 0.00791. The van der Waals surface area contributed by atoms with Gasteiger partial charge < -0.3 is 30.1 Å². The summed E-state index contributed by atoms with van der Waals surface area (Å²) in [6.07, 6.45) is 5.75. The number of hydrogen-bond acceptors (Lipinski definition) is 7. The molecule has 0 saturated carbocycles. The largest absolute Gasteiger partial charge is 0.392 e. The van der Waals surface area contributed by atoms with E-state index < -0.39 is 6.29 Å². The fourth-order valence-corrected chi connectivity index (χ4v) is 5.26. The van der Waals surface area contributed by atoms with Gasteiger partial charge in [0.15, 0.2) is 6.29 Å². The van der Waals surface area contributed by atoms with Crippen LogP contribution in [0.3, 0.4) is 0 Å². The van der Waals surface area contributed by atoms with E-state index in [2.05, 4.69) is 33.6 Å². The summed E-state index contributed by atoms with van der Waals surface area (Å²) < 4.78 is 13.0. The van der Waals surface area contributed by atoms with Crippen LogP contribution in [0.4, 0.5) is 0 Å². The quantitative estimate of drug-likeness (QED) is 0.205. The Bertz CT molecular complexity index is 1290. The van der Waals surface area contributed by atoms with Gasteiger partial charge in [0.25, 0.3) is 0 Å². The van der Waals surface area contributed by atoms with Gasteiger partial charge in [0.2, 0.25) is 11.8 Å². The van der Waals surface area contributed by atoms with Crippen molar-refractivity contribution in [2.24, 2.45) is 0 Å². The molecule has 3 N–H and O–H groups in total. The summed E-state index contributed by atoms with van der Waals surface area (Å²) in [5.74, 6) is 0.00116. The summed E-state index contributed by atoms with van der Waals surface area (Å²) in [5.41, 5.74) is 4.93. The summed E-state index contributed by atoms with van der Waals surface area (Å²) in [5, 5.41) is 15.3. The van der Waals surface area contributed by atoms with Gasteiger partial charge in [0, 0.05) is 69.8 Å². The molecule has 1 aromatic heterocycles. The lowest BCUT2D eigenvalue weighted by atomic mass is 9.99. The van der Waals surface area contributed by atoms with Crippen LogP contribution in [0.2, 0.25) is 0 Å². The van der Waals surface area contributed by atoms with E-state index in [0.29, 0.717) is 19.5 Å². The van der Waals surface area contributed by atoms with Crippen molar-refractivity contribution in [3.8, 4) is 0 Å². The number of aliphatic hydroxyl groups excluding tert-OH is 1. The average molecular weight is 603 g/mol. The number of benzene rings is 2. The van der Waals surface area contributed by atoms with Crippen LogP contribution in [0.25, 0.3) is 0 Å². The number of ether oxygens (including phenoxy) is 2. The minimum atomic E-state index is -0.526. The SMILES string of the molecule is CC(=O)NCCCCCC(=O)NCc1ccc(C2OC(CN(C)CCc3ccccn3)CC(c3ccc(CO)cc3)O2)cc1. The first-order chi connectivity index (χ1) is 21.4. The molecule has 1 aliphatic heterocycles. The number of unbranched alkanes of at least 4 members (excludes halogenated alkanes) is 2. The van der Waals surface area contributed by atoms with Gasteiger partial charge in [0.1, 0.15) is 0 Å². The van der Waals surface area contributed by atoms with E-state index >= 15 is 0 Å². The molecule has 9 heteroatoms. The number of nitrogens with zero attached hydrogens (tertiary/aromatic N) is 2. The molecule has 2 heterocycles. The van der Waals surface area contributed by atoms with Crippen molar-refractivity contribution in [2.75, 3.05) is 26.7 Å². The van der Waals surface area contributed by atoms with Crippen LogP contribution in [0.15, 0.2) is 72.9 Å². The first kappa shape index (κ1) is 33.3. The Morgan fingerprint density at radius 2 is 1.68 bits per heavy atom. The molecular formula is C35H46N4O5. The van der Waals surface area contributed by atoms with Gasteiger partial charge in [-0.15, -0.1) is 0 Å². The molecule has 236 valence electrons. The smallest absolute Gasteiger partial charge is 0.220 e. The third kappa shape index (κ3) is 11.1. The number of likely N-dealkylation sites (N-methyl/N-ethyl adjacent to an activating group) is 1. The molecule has 9 nitrogen and oxygen atoms in total. The Hall–Kier alpha value is -3.63. The van der Waals surface area contributed by atoms with Crippen molar-refractivity contribution in [1.82, 2.24) is 20.5 Å². The van der Waals surface area contributed by atoms with E-state index in [0.717, 1.165) is 73.1 Å². The van der Waals surface area contributed by atoms with Gasteiger partial charge in [-0.25, -0.2) is 0 Å². The van der Waals surface area contributed by atoms with Crippen LogP contribution < -0.4 is 10.6 Å². The fourth-order valence-electron chi connectivity index (χ4n) is 5.26. The van der Waals surface area contributed by atoms with Gasteiger partial charge in [0.05, 0.1) is 18.8 Å². The predicted molar refractivity (Wildman–Crippen MR) is 169 cm³/mol. The Balaban J connectivity index is 1.32. The number of amides is 2. The van der Waals surface area contributed by atoms with Crippen molar-refractivity contribution in [3.63, 3.8) is 0 Å². The molecule has 3 unspecified atom stereocenters. The third-order valence-corrected chi connectivity index (χ3v) is 7.80. The molecule has 1 saturated heterocycles.